The lowest BCUT2D eigenvalue weighted by Crippen LogP contribution is -2.46. The summed E-state index contributed by atoms with van der Waals surface area (Å²) >= 11 is 14.2. The van der Waals surface area contributed by atoms with Gasteiger partial charge in [-0.05, 0) is 37.0 Å². The van der Waals surface area contributed by atoms with Crippen LogP contribution in [0.3, 0.4) is 0 Å². The quantitative estimate of drug-likeness (QED) is 0.209. The molecule has 5 aromatic rings. The largest absolute Gasteiger partial charge is 0.481 e. The number of halogens is 2. The molecule has 1 spiro atoms. The number of pyridine rings is 1. The van der Waals surface area contributed by atoms with Crippen LogP contribution in [-0.4, -0.2) is 90.5 Å². The van der Waals surface area contributed by atoms with Crippen LogP contribution in [0.15, 0.2) is 58.4 Å². The minimum Gasteiger partial charge on any atom is -0.481 e. The number of hydrogen-bond acceptors (Lipinski definition) is 10. The Balaban J connectivity index is 1.10. The van der Waals surface area contributed by atoms with Crippen molar-refractivity contribution in [3.8, 4) is 28.3 Å². The predicted octanol–water partition coefficient (Wildman–Crippen LogP) is 4.26. The summed E-state index contributed by atoms with van der Waals surface area (Å²) in [6, 6.07) is 13.2. The molecule has 53 heavy (non-hydrogen) atoms. The number of likely N-dealkylation sites (tertiary alicyclic amines) is 1. The number of carbonyl (C=O) groups is 1. The van der Waals surface area contributed by atoms with Crippen LogP contribution in [0, 0.1) is 0 Å². The molecule has 16 heteroatoms. The third-order valence-electron chi connectivity index (χ3n) is 10.7. The maximum absolute atomic E-state index is 13.1. The second-order valence-corrected chi connectivity index (χ2v) is 14.6. The van der Waals surface area contributed by atoms with Crippen molar-refractivity contribution in [1.82, 2.24) is 39.2 Å². The van der Waals surface area contributed by atoms with Gasteiger partial charge in [0, 0.05) is 68.6 Å². The van der Waals surface area contributed by atoms with E-state index in [9.17, 15) is 19.5 Å². The lowest BCUT2D eigenvalue weighted by atomic mass is 9.99. The van der Waals surface area contributed by atoms with Gasteiger partial charge in [-0.1, -0.05) is 53.5 Å². The van der Waals surface area contributed by atoms with Crippen LogP contribution in [0.25, 0.3) is 33.4 Å². The minimum atomic E-state index is -0.532. The lowest BCUT2D eigenvalue weighted by Gasteiger charge is -2.28. The SMILES string of the molecule is COc1nc(-c2cccc(-c3cccc(Nc4ncnc5c4c(=O)n(C)c(=O)n5C)c3Cl)c2Cl)cc2c1[C@H](N1CC[C@@]3(CN(CCO)C(=O)N3)C1)CC2. The molecule has 2 fully saturated rings. The van der Waals surface area contributed by atoms with Crippen molar-refractivity contribution in [1.29, 1.82) is 0 Å². The highest BCUT2D eigenvalue weighted by atomic mass is 35.5. The van der Waals surface area contributed by atoms with Crippen LogP contribution in [0.4, 0.5) is 16.3 Å². The number of hydrogen-bond donors (Lipinski definition) is 3. The van der Waals surface area contributed by atoms with E-state index in [-0.39, 0.29) is 41.1 Å². The Bertz CT molecular complexity index is 2440. The van der Waals surface area contributed by atoms with Gasteiger partial charge in [0.1, 0.15) is 17.5 Å². The van der Waals surface area contributed by atoms with Gasteiger partial charge in [0.15, 0.2) is 5.65 Å². The molecule has 0 saturated carbocycles. The summed E-state index contributed by atoms with van der Waals surface area (Å²) in [6.45, 7) is 2.38. The van der Waals surface area contributed by atoms with Crippen LogP contribution in [0.2, 0.25) is 10.0 Å². The number of aryl methyl sites for hydroxylation is 2. The number of methoxy groups -OCH3 is 1. The zero-order valence-corrected chi connectivity index (χ0v) is 30.8. The Kier molecular flexibility index (Phi) is 8.88. The number of ether oxygens (including phenoxy) is 1. The maximum Gasteiger partial charge on any atom is 0.332 e. The number of benzene rings is 2. The summed E-state index contributed by atoms with van der Waals surface area (Å²) in [4.78, 5) is 55.8. The Morgan fingerprint density at radius 1 is 1.02 bits per heavy atom. The molecule has 0 unspecified atom stereocenters. The van der Waals surface area contributed by atoms with Gasteiger partial charge in [-0.15, -0.1) is 0 Å². The second kappa shape index (κ2) is 13.4. The highest BCUT2D eigenvalue weighted by Gasteiger charge is 2.49. The van der Waals surface area contributed by atoms with Crippen molar-refractivity contribution >= 4 is 51.8 Å². The molecule has 0 bridgehead atoms. The van der Waals surface area contributed by atoms with Crippen molar-refractivity contribution in [3.05, 3.63) is 90.8 Å². The van der Waals surface area contributed by atoms with Gasteiger partial charge in [-0.3, -0.25) is 18.8 Å². The molecular formula is C37H37Cl2N9O5. The van der Waals surface area contributed by atoms with Gasteiger partial charge in [-0.2, -0.15) is 0 Å². The first-order valence-corrected chi connectivity index (χ1v) is 18.0. The van der Waals surface area contributed by atoms with E-state index >= 15 is 0 Å². The third kappa shape index (κ3) is 5.80. The monoisotopic (exact) mass is 757 g/mol. The molecule has 2 aliphatic heterocycles. The molecule has 274 valence electrons. The molecular weight excluding hydrogens is 721 g/mol. The highest BCUT2D eigenvalue weighted by Crippen LogP contribution is 2.47. The van der Waals surface area contributed by atoms with Crippen LogP contribution in [0.1, 0.15) is 30.0 Å². The lowest BCUT2D eigenvalue weighted by molar-refractivity contribution is 0.193. The first kappa shape index (κ1) is 35.0. The van der Waals surface area contributed by atoms with E-state index in [1.807, 2.05) is 30.3 Å². The number of β-amino-alcohol motifs (C(OH)–C–C–N with tert-alkyl or cyclic N) is 1. The number of fused-ring (bicyclic) bond motifs is 2. The average molecular weight is 759 g/mol. The molecule has 2 saturated heterocycles. The fourth-order valence-electron chi connectivity index (χ4n) is 8.12. The van der Waals surface area contributed by atoms with Crippen molar-refractivity contribution < 1.29 is 14.6 Å². The van der Waals surface area contributed by atoms with Crippen molar-refractivity contribution in [3.63, 3.8) is 0 Å². The average Bonchev–Trinajstić information content (AvgIpc) is 3.86. The number of aliphatic hydroxyl groups excluding tert-OH is 1. The van der Waals surface area contributed by atoms with Gasteiger partial charge >= 0.3 is 11.7 Å². The van der Waals surface area contributed by atoms with Crippen LogP contribution >= 0.6 is 23.2 Å². The zero-order valence-electron chi connectivity index (χ0n) is 29.3. The Morgan fingerprint density at radius 3 is 2.55 bits per heavy atom. The number of anilines is 2. The molecule has 3 N–H and O–H groups in total. The zero-order chi connectivity index (χ0) is 37.2. The molecule has 1 aliphatic carbocycles. The van der Waals surface area contributed by atoms with E-state index in [4.69, 9.17) is 32.9 Å². The van der Waals surface area contributed by atoms with E-state index in [1.54, 1.807) is 25.1 Å². The van der Waals surface area contributed by atoms with Gasteiger partial charge in [0.25, 0.3) is 5.56 Å². The minimum absolute atomic E-state index is 0.0617. The Labute approximate surface area is 314 Å². The van der Waals surface area contributed by atoms with E-state index in [1.165, 1.54) is 17.9 Å². The number of aliphatic hydroxyl groups is 1. The molecule has 0 radical (unpaired) electrons. The van der Waals surface area contributed by atoms with Crippen molar-refractivity contribution in [2.45, 2.75) is 30.8 Å². The summed E-state index contributed by atoms with van der Waals surface area (Å²) < 4.78 is 8.23. The fourth-order valence-corrected chi connectivity index (χ4v) is 8.72. The topological polar surface area (TPSA) is 160 Å². The smallest absolute Gasteiger partial charge is 0.332 e. The maximum atomic E-state index is 13.1. The summed E-state index contributed by atoms with van der Waals surface area (Å²) in [5.74, 6) is 0.753. The van der Waals surface area contributed by atoms with Crippen LogP contribution in [-0.2, 0) is 20.5 Å². The molecule has 2 amide bonds. The standard InChI is InChI=1S/C37H37Cl2N9O5/c1-45-32-28(34(50)46(2)36(45)52)31(40-19-41-32)42-24-9-5-7-22(30(24)39)21-6-4-8-23(29(21)38)25-16-20-10-11-26(27(20)33(43-25)53-3)47-13-12-37(17-47)18-48(14-15-49)35(51)44-37/h4-9,16,19,26,49H,10-15,17-18H2,1-3H3,(H,44,51)(H,40,41,42)/t26-,37+/m1/s1. The molecule has 5 heterocycles. The molecule has 3 aliphatic rings. The van der Waals surface area contributed by atoms with Crippen LogP contribution < -0.4 is 26.6 Å². The molecule has 8 rings (SSSR count). The number of nitrogens with one attached hydrogen (secondary N) is 2. The summed E-state index contributed by atoms with van der Waals surface area (Å²) in [5, 5.41) is 16.7. The van der Waals surface area contributed by atoms with Crippen molar-refractivity contribution in [2.24, 2.45) is 14.1 Å². The highest BCUT2D eigenvalue weighted by molar-refractivity contribution is 6.39. The van der Waals surface area contributed by atoms with Gasteiger partial charge in [0.05, 0.1) is 40.7 Å². The van der Waals surface area contributed by atoms with E-state index in [2.05, 4.69) is 31.6 Å². The number of nitrogens with zero attached hydrogens (tertiary/aromatic N) is 7. The second-order valence-electron chi connectivity index (χ2n) is 13.8. The normalized spacial score (nSPS) is 19.7. The van der Waals surface area contributed by atoms with E-state index in [0.29, 0.717) is 63.6 Å². The number of rotatable bonds is 8. The fraction of sp³-hybridized carbons (Fsp3) is 0.351. The Morgan fingerprint density at radius 2 is 1.77 bits per heavy atom. The van der Waals surface area contributed by atoms with Crippen molar-refractivity contribution in [2.75, 3.05) is 45.2 Å². The summed E-state index contributed by atoms with van der Waals surface area (Å²) in [7, 11) is 4.58. The van der Waals surface area contributed by atoms with Crippen LogP contribution in [0.5, 0.6) is 5.88 Å². The van der Waals surface area contributed by atoms with E-state index in [0.717, 1.165) is 41.5 Å². The molecule has 2 atom stereocenters. The van der Waals surface area contributed by atoms with Gasteiger partial charge < -0.3 is 25.4 Å². The summed E-state index contributed by atoms with van der Waals surface area (Å²) in [6.07, 6.45) is 3.85. The first-order valence-electron chi connectivity index (χ1n) is 17.3. The number of carbonyl (C=O) groups excluding carboxylic acids is 1. The van der Waals surface area contributed by atoms with E-state index < -0.39 is 11.2 Å². The Hall–Kier alpha value is -5.02. The third-order valence-corrected chi connectivity index (χ3v) is 11.5. The van der Waals surface area contributed by atoms with Gasteiger partial charge in [-0.25, -0.2) is 24.5 Å². The number of amides is 2. The molecule has 3 aromatic heterocycles. The first-order chi connectivity index (χ1) is 25.5. The van der Waals surface area contributed by atoms with Gasteiger partial charge in [0.2, 0.25) is 5.88 Å². The molecule has 2 aromatic carbocycles. The number of aromatic nitrogens is 5. The number of urea groups is 1. The summed E-state index contributed by atoms with van der Waals surface area (Å²) in [5.41, 5.74) is 4.23. The predicted molar refractivity (Wildman–Crippen MR) is 202 cm³/mol. The molecule has 14 nitrogen and oxygen atoms in total.